The molecule has 0 atom stereocenters. The molecule has 0 amide bonds. The summed E-state index contributed by atoms with van der Waals surface area (Å²) in [5.74, 6) is 0.655. The van der Waals surface area contributed by atoms with Gasteiger partial charge in [-0.1, -0.05) is 4.63 Å². The molecule has 0 aliphatic rings. The van der Waals surface area contributed by atoms with E-state index in [1.54, 1.807) is 14.0 Å². The SMILES string of the molecule is Cc1no[n+](C)n1. The lowest BCUT2D eigenvalue weighted by Gasteiger charge is -1.59. The molecule has 0 fully saturated rings. The van der Waals surface area contributed by atoms with Crippen molar-refractivity contribution in [1.29, 1.82) is 0 Å². The van der Waals surface area contributed by atoms with Gasteiger partial charge in [-0.3, -0.25) is 0 Å². The topological polar surface area (TPSA) is 42.8 Å². The van der Waals surface area contributed by atoms with Crippen molar-refractivity contribution in [2.45, 2.75) is 6.92 Å². The van der Waals surface area contributed by atoms with E-state index in [0.29, 0.717) is 5.82 Å². The number of aromatic nitrogens is 3. The van der Waals surface area contributed by atoms with Crippen LogP contribution in [0.5, 0.6) is 0 Å². The zero-order chi connectivity index (χ0) is 5.28. The summed E-state index contributed by atoms with van der Waals surface area (Å²) in [6.07, 6.45) is 0. The Morgan fingerprint density at radius 2 is 2.43 bits per heavy atom. The third-order valence-electron chi connectivity index (χ3n) is 0.577. The van der Waals surface area contributed by atoms with Crippen LogP contribution in [0.1, 0.15) is 5.82 Å². The van der Waals surface area contributed by atoms with Crippen molar-refractivity contribution in [2.75, 3.05) is 0 Å². The van der Waals surface area contributed by atoms with Crippen molar-refractivity contribution in [3.63, 3.8) is 0 Å². The van der Waals surface area contributed by atoms with Crippen LogP contribution in [-0.4, -0.2) is 10.3 Å². The van der Waals surface area contributed by atoms with Gasteiger partial charge in [-0.25, -0.2) is 0 Å². The van der Waals surface area contributed by atoms with Crippen LogP contribution in [0.3, 0.4) is 0 Å². The molecule has 0 N–H and O–H groups in total. The van der Waals surface area contributed by atoms with Crippen LogP contribution in [0.2, 0.25) is 0 Å². The molecule has 4 nitrogen and oxygen atoms in total. The molecule has 0 unspecified atom stereocenters. The van der Waals surface area contributed by atoms with Gasteiger partial charge >= 0.3 is 5.82 Å². The number of rotatable bonds is 0. The van der Waals surface area contributed by atoms with Gasteiger partial charge in [0.05, 0.1) is 0 Å². The summed E-state index contributed by atoms with van der Waals surface area (Å²) in [4.78, 5) is 1.30. The fourth-order valence-corrected chi connectivity index (χ4v) is 0.358. The van der Waals surface area contributed by atoms with E-state index in [1.807, 2.05) is 0 Å². The molecule has 0 radical (unpaired) electrons. The van der Waals surface area contributed by atoms with E-state index < -0.39 is 0 Å². The summed E-state index contributed by atoms with van der Waals surface area (Å²) in [6, 6.07) is 0. The van der Waals surface area contributed by atoms with Crippen LogP contribution in [0.4, 0.5) is 0 Å². The lowest BCUT2D eigenvalue weighted by molar-refractivity contribution is -0.898. The maximum absolute atomic E-state index is 4.52. The van der Waals surface area contributed by atoms with E-state index in [0.717, 1.165) is 0 Å². The predicted molar refractivity (Wildman–Crippen MR) is 20.2 cm³/mol. The number of aryl methyl sites for hydroxylation is 2. The number of hydrogen-bond acceptors (Lipinski definition) is 3. The van der Waals surface area contributed by atoms with Crippen molar-refractivity contribution in [1.82, 2.24) is 10.3 Å². The maximum Gasteiger partial charge on any atom is 0.329 e. The van der Waals surface area contributed by atoms with Gasteiger partial charge in [-0.15, -0.1) is 0 Å². The first-order valence-electron chi connectivity index (χ1n) is 1.96. The molecule has 0 aliphatic heterocycles. The standard InChI is InChI=1S/C3H6N3O/c1-3-4-6(2)7-5-3/h1-2H3/q+1. The smallest absolute Gasteiger partial charge is 0.0612 e. The minimum atomic E-state index is 0.655. The molecule has 7 heavy (non-hydrogen) atoms. The molecule has 4 heteroatoms. The van der Waals surface area contributed by atoms with Crippen molar-refractivity contribution < 1.29 is 9.48 Å². The zero-order valence-electron chi connectivity index (χ0n) is 4.25. The Hall–Kier alpha value is -0.930. The van der Waals surface area contributed by atoms with Crippen LogP contribution in [0.15, 0.2) is 4.63 Å². The molecule has 1 rings (SSSR count). The molecule has 0 aromatic carbocycles. The molecule has 0 saturated heterocycles. The highest BCUT2D eigenvalue weighted by atomic mass is 16.6. The fraction of sp³-hybridized carbons (Fsp3) is 0.667. The summed E-state index contributed by atoms with van der Waals surface area (Å²) >= 11 is 0. The fourth-order valence-electron chi connectivity index (χ4n) is 0.358. The Balaban J connectivity index is 3.04. The highest BCUT2D eigenvalue weighted by molar-refractivity contribution is 4.59. The van der Waals surface area contributed by atoms with Crippen LogP contribution in [-0.2, 0) is 7.05 Å². The lowest BCUT2D eigenvalue weighted by Crippen LogP contribution is -2.28. The Kier molecular flexibility index (Phi) is 0.780. The average molecular weight is 100 g/mol. The Morgan fingerprint density at radius 1 is 1.71 bits per heavy atom. The molecule has 0 aliphatic carbocycles. The first kappa shape index (κ1) is 4.23. The van der Waals surface area contributed by atoms with Gasteiger partial charge in [0.25, 0.3) is 0 Å². The molecule has 38 valence electrons. The van der Waals surface area contributed by atoms with Gasteiger partial charge in [-0.05, 0) is 0 Å². The summed E-state index contributed by atoms with van der Waals surface area (Å²) in [7, 11) is 1.68. The normalized spacial score (nSPS) is 9.43. The second-order valence-corrected chi connectivity index (χ2v) is 1.28. The molecular formula is C3H6N3O+. The van der Waals surface area contributed by atoms with Gasteiger partial charge in [-0.2, -0.15) is 0 Å². The third-order valence-corrected chi connectivity index (χ3v) is 0.577. The van der Waals surface area contributed by atoms with Crippen LogP contribution in [0.25, 0.3) is 0 Å². The van der Waals surface area contributed by atoms with Crippen molar-refractivity contribution in [3.8, 4) is 0 Å². The second kappa shape index (κ2) is 1.29. The Bertz CT molecular complexity index is 142. The van der Waals surface area contributed by atoms with Gasteiger partial charge < -0.3 is 0 Å². The van der Waals surface area contributed by atoms with Crippen molar-refractivity contribution >= 4 is 0 Å². The predicted octanol–water partition coefficient (Wildman–Crippen LogP) is -0.797. The van der Waals surface area contributed by atoms with Gasteiger partial charge in [0, 0.05) is 16.9 Å². The molecule has 1 aromatic heterocycles. The summed E-state index contributed by atoms with van der Waals surface area (Å²) in [6.45, 7) is 1.77. The van der Waals surface area contributed by atoms with E-state index in [-0.39, 0.29) is 0 Å². The molecule has 0 bridgehead atoms. The Morgan fingerprint density at radius 3 is 2.57 bits per heavy atom. The van der Waals surface area contributed by atoms with Crippen molar-refractivity contribution in [2.24, 2.45) is 7.05 Å². The highest BCUT2D eigenvalue weighted by Gasteiger charge is 2.00. The van der Waals surface area contributed by atoms with Crippen molar-refractivity contribution in [3.05, 3.63) is 5.82 Å². The average Bonchev–Trinajstić information content (AvgIpc) is 1.87. The first-order chi connectivity index (χ1) is 3.29. The molecular weight excluding hydrogens is 94.1 g/mol. The summed E-state index contributed by atoms with van der Waals surface area (Å²) < 4.78 is 4.52. The molecule has 1 aromatic rings. The minimum absolute atomic E-state index is 0.655. The summed E-state index contributed by atoms with van der Waals surface area (Å²) in [5, 5.41) is 7.24. The van der Waals surface area contributed by atoms with Gasteiger partial charge in [0.2, 0.25) is 0 Å². The quantitative estimate of drug-likeness (QED) is 0.401. The minimum Gasteiger partial charge on any atom is -0.0612 e. The monoisotopic (exact) mass is 100 g/mol. The van der Waals surface area contributed by atoms with Gasteiger partial charge in [0.1, 0.15) is 7.05 Å². The maximum atomic E-state index is 4.52. The van der Waals surface area contributed by atoms with E-state index in [1.165, 1.54) is 4.85 Å². The largest absolute Gasteiger partial charge is 0.329 e. The van der Waals surface area contributed by atoms with E-state index in [4.69, 9.17) is 0 Å². The van der Waals surface area contributed by atoms with Crippen LogP contribution >= 0.6 is 0 Å². The highest BCUT2D eigenvalue weighted by Crippen LogP contribution is 1.71. The molecule has 0 spiro atoms. The second-order valence-electron chi connectivity index (χ2n) is 1.28. The Labute approximate surface area is 40.7 Å². The summed E-state index contributed by atoms with van der Waals surface area (Å²) in [5.41, 5.74) is 0. The molecule has 0 saturated carbocycles. The lowest BCUT2D eigenvalue weighted by atomic mass is 10.8. The van der Waals surface area contributed by atoms with E-state index >= 15 is 0 Å². The molecule has 1 heterocycles. The third kappa shape index (κ3) is 0.734. The van der Waals surface area contributed by atoms with Crippen LogP contribution in [0, 0.1) is 6.92 Å². The van der Waals surface area contributed by atoms with E-state index in [2.05, 4.69) is 14.9 Å². The zero-order valence-corrected chi connectivity index (χ0v) is 4.25. The van der Waals surface area contributed by atoms with E-state index in [9.17, 15) is 0 Å². The van der Waals surface area contributed by atoms with Gasteiger partial charge in [0.15, 0.2) is 5.16 Å². The number of nitrogens with zero attached hydrogens (tertiary/aromatic N) is 3. The van der Waals surface area contributed by atoms with Crippen LogP contribution < -0.4 is 4.85 Å². The first-order valence-corrected chi connectivity index (χ1v) is 1.96. The number of hydrogen-bond donors (Lipinski definition) is 0.